The molecule has 0 saturated carbocycles. The first kappa shape index (κ1) is 16.7. The second-order valence-corrected chi connectivity index (χ2v) is 6.05. The van der Waals surface area contributed by atoms with Gasteiger partial charge in [-0.3, -0.25) is 0 Å². The molecular formula is C18H23NO2S. The van der Waals surface area contributed by atoms with E-state index in [9.17, 15) is 0 Å². The zero-order valence-electron chi connectivity index (χ0n) is 13.2. The molecule has 0 fully saturated rings. The number of nitrogens with one attached hydrogen (secondary N) is 1. The van der Waals surface area contributed by atoms with Gasteiger partial charge in [-0.25, -0.2) is 0 Å². The van der Waals surface area contributed by atoms with E-state index in [0.717, 1.165) is 36.8 Å². The number of benzene rings is 2. The van der Waals surface area contributed by atoms with Crippen LogP contribution in [0.25, 0.3) is 0 Å². The third kappa shape index (κ3) is 5.28. The van der Waals surface area contributed by atoms with Gasteiger partial charge in [0.25, 0.3) is 0 Å². The Morgan fingerprint density at radius 1 is 0.955 bits per heavy atom. The molecule has 4 heteroatoms. The lowest BCUT2D eigenvalue weighted by molar-refractivity contribution is 0.354. The Morgan fingerprint density at radius 2 is 1.73 bits per heavy atom. The largest absolute Gasteiger partial charge is 0.493 e. The first-order chi connectivity index (χ1) is 10.8. The molecule has 0 amide bonds. The minimum Gasteiger partial charge on any atom is -0.493 e. The van der Waals surface area contributed by atoms with Gasteiger partial charge in [-0.2, -0.15) is 0 Å². The predicted molar refractivity (Wildman–Crippen MR) is 93.0 cm³/mol. The summed E-state index contributed by atoms with van der Waals surface area (Å²) in [5.41, 5.74) is 1.20. The highest BCUT2D eigenvalue weighted by Crippen LogP contribution is 2.27. The maximum atomic E-state index is 5.31. The van der Waals surface area contributed by atoms with Crippen LogP contribution in [0.15, 0.2) is 53.4 Å². The third-order valence-corrected chi connectivity index (χ3v) is 4.39. The Balaban J connectivity index is 1.66. The molecule has 0 saturated heterocycles. The maximum Gasteiger partial charge on any atom is 0.161 e. The summed E-state index contributed by atoms with van der Waals surface area (Å²) in [6.45, 7) is 1.85. The molecule has 0 atom stereocenters. The Labute approximate surface area is 137 Å². The van der Waals surface area contributed by atoms with Gasteiger partial charge in [-0.05, 0) is 48.5 Å². The molecule has 1 N–H and O–H groups in total. The van der Waals surface area contributed by atoms with Crippen LogP contribution in [0.4, 0.5) is 0 Å². The van der Waals surface area contributed by atoms with Gasteiger partial charge < -0.3 is 14.8 Å². The predicted octanol–water partition coefficient (Wildman–Crippen LogP) is 3.98. The molecule has 2 aromatic rings. The molecule has 0 aliphatic carbocycles. The van der Waals surface area contributed by atoms with Gasteiger partial charge in [0.15, 0.2) is 11.5 Å². The average molecular weight is 317 g/mol. The van der Waals surface area contributed by atoms with Crippen molar-refractivity contribution < 1.29 is 9.47 Å². The summed E-state index contributed by atoms with van der Waals surface area (Å²) in [6, 6.07) is 16.5. The average Bonchev–Trinajstić information content (AvgIpc) is 2.58. The van der Waals surface area contributed by atoms with Crippen molar-refractivity contribution >= 4 is 11.8 Å². The monoisotopic (exact) mass is 317 g/mol. The summed E-state index contributed by atoms with van der Waals surface area (Å²) in [6.07, 6.45) is 1.15. The van der Waals surface area contributed by atoms with Crippen LogP contribution in [0.1, 0.15) is 12.0 Å². The summed E-state index contributed by atoms with van der Waals surface area (Å²) in [7, 11) is 3.32. The van der Waals surface area contributed by atoms with Crippen molar-refractivity contribution in [1.82, 2.24) is 5.32 Å². The van der Waals surface area contributed by atoms with E-state index in [-0.39, 0.29) is 0 Å². The Bertz CT molecular complexity index is 560. The highest BCUT2D eigenvalue weighted by atomic mass is 32.2. The molecule has 0 aliphatic heterocycles. The van der Waals surface area contributed by atoms with Crippen molar-refractivity contribution in [1.29, 1.82) is 0 Å². The van der Waals surface area contributed by atoms with Crippen LogP contribution in [0, 0.1) is 0 Å². The fourth-order valence-corrected chi connectivity index (χ4v) is 3.00. The molecule has 0 spiro atoms. The van der Waals surface area contributed by atoms with Crippen molar-refractivity contribution in [3.63, 3.8) is 0 Å². The van der Waals surface area contributed by atoms with E-state index in [1.165, 1.54) is 10.5 Å². The topological polar surface area (TPSA) is 30.5 Å². The molecular weight excluding hydrogens is 294 g/mol. The first-order valence-electron chi connectivity index (χ1n) is 7.43. The quantitative estimate of drug-likeness (QED) is 0.560. The number of ether oxygens (including phenoxy) is 2. The van der Waals surface area contributed by atoms with E-state index in [1.807, 2.05) is 23.9 Å². The summed E-state index contributed by atoms with van der Waals surface area (Å²) in [5, 5.41) is 3.47. The summed E-state index contributed by atoms with van der Waals surface area (Å²) in [4.78, 5) is 1.34. The first-order valence-corrected chi connectivity index (χ1v) is 8.41. The molecule has 0 radical (unpaired) electrons. The summed E-state index contributed by atoms with van der Waals surface area (Å²) < 4.78 is 10.6. The second-order valence-electron chi connectivity index (χ2n) is 4.88. The zero-order chi connectivity index (χ0) is 15.6. The van der Waals surface area contributed by atoms with Crippen LogP contribution in [-0.4, -0.2) is 26.5 Å². The van der Waals surface area contributed by atoms with Crippen LogP contribution >= 0.6 is 11.8 Å². The number of rotatable bonds is 9. The Kier molecular flexibility index (Phi) is 7.13. The van der Waals surface area contributed by atoms with Crippen molar-refractivity contribution in [2.75, 3.05) is 26.5 Å². The van der Waals surface area contributed by atoms with E-state index >= 15 is 0 Å². The SMILES string of the molecule is COc1ccc(CNCCCSc2ccccc2)cc1OC. The van der Waals surface area contributed by atoms with Gasteiger partial charge in [0.2, 0.25) is 0 Å². The van der Waals surface area contributed by atoms with Gasteiger partial charge in [0, 0.05) is 11.4 Å². The van der Waals surface area contributed by atoms with E-state index in [1.54, 1.807) is 14.2 Å². The lowest BCUT2D eigenvalue weighted by atomic mass is 10.2. The minimum absolute atomic E-state index is 0.769. The molecule has 0 heterocycles. The van der Waals surface area contributed by atoms with Gasteiger partial charge in [-0.15, -0.1) is 11.8 Å². The zero-order valence-corrected chi connectivity index (χ0v) is 14.0. The molecule has 0 aromatic heterocycles. The fourth-order valence-electron chi connectivity index (χ4n) is 2.13. The molecule has 0 bridgehead atoms. The molecule has 0 unspecified atom stereocenters. The van der Waals surface area contributed by atoms with Crippen molar-refractivity contribution in [3.05, 3.63) is 54.1 Å². The van der Waals surface area contributed by atoms with E-state index < -0.39 is 0 Å². The highest BCUT2D eigenvalue weighted by molar-refractivity contribution is 7.99. The van der Waals surface area contributed by atoms with Crippen LogP contribution in [0.2, 0.25) is 0 Å². The van der Waals surface area contributed by atoms with Gasteiger partial charge >= 0.3 is 0 Å². The number of methoxy groups -OCH3 is 2. The number of hydrogen-bond acceptors (Lipinski definition) is 4. The molecule has 22 heavy (non-hydrogen) atoms. The minimum atomic E-state index is 0.769. The summed E-state index contributed by atoms with van der Waals surface area (Å²) in [5.74, 6) is 2.68. The Morgan fingerprint density at radius 3 is 2.45 bits per heavy atom. The van der Waals surface area contributed by atoms with Crippen LogP contribution in [-0.2, 0) is 6.54 Å². The van der Waals surface area contributed by atoms with Gasteiger partial charge in [0.1, 0.15) is 0 Å². The van der Waals surface area contributed by atoms with Crippen LogP contribution < -0.4 is 14.8 Å². The lowest BCUT2D eigenvalue weighted by Crippen LogP contribution is -2.15. The molecule has 0 aliphatic rings. The Hall–Kier alpha value is -1.65. The molecule has 3 nitrogen and oxygen atoms in total. The van der Waals surface area contributed by atoms with E-state index in [2.05, 4.69) is 41.7 Å². The van der Waals surface area contributed by atoms with Crippen molar-refractivity contribution in [2.45, 2.75) is 17.9 Å². The molecule has 2 aromatic carbocycles. The lowest BCUT2D eigenvalue weighted by Gasteiger charge is -2.10. The van der Waals surface area contributed by atoms with E-state index in [0.29, 0.717) is 0 Å². The van der Waals surface area contributed by atoms with Crippen LogP contribution in [0.5, 0.6) is 11.5 Å². The number of thioether (sulfide) groups is 1. The van der Waals surface area contributed by atoms with Gasteiger partial charge in [-0.1, -0.05) is 24.3 Å². The normalized spacial score (nSPS) is 10.5. The van der Waals surface area contributed by atoms with Crippen LogP contribution in [0.3, 0.4) is 0 Å². The maximum absolute atomic E-state index is 5.31. The number of hydrogen-bond donors (Lipinski definition) is 1. The standard InChI is InChI=1S/C18H23NO2S/c1-20-17-10-9-15(13-18(17)21-2)14-19-11-6-12-22-16-7-4-3-5-8-16/h3-5,7-10,13,19H,6,11-12,14H2,1-2H3. The molecule has 2 rings (SSSR count). The van der Waals surface area contributed by atoms with E-state index in [4.69, 9.17) is 9.47 Å². The third-order valence-electron chi connectivity index (χ3n) is 3.29. The smallest absolute Gasteiger partial charge is 0.161 e. The fraction of sp³-hybridized carbons (Fsp3) is 0.333. The molecule has 118 valence electrons. The van der Waals surface area contributed by atoms with Gasteiger partial charge in [0.05, 0.1) is 14.2 Å². The second kappa shape index (κ2) is 9.38. The van der Waals surface area contributed by atoms with Crippen molar-refractivity contribution in [3.8, 4) is 11.5 Å². The van der Waals surface area contributed by atoms with Crippen molar-refractivity contribution in [2.24, 2.45) is 0 Å². The highest BCUT2D eigenvalue weighted by Gasteiger charge is 2.04. The summed E-state index contributed by atoms with van der Waals surface area (Å²) >= 11 is 1.90.